The molecule has 0 amide bonds. The summed E-state index contributed by atoms with van der Waals surface area (Å²) in [5.74, 6) is -1.23. The summed E-state index contributed by atoms with van der Waals surface area (Å²) in [7, 11) is 0. The van der Waals surface area contributed by atoms with Crippen LogP contribution in [0, 0.1) is 5.82 Å². The molecule has 7 heteroatoms. The number of aromatic nitrogens is 1. The molecule has 1 fully saturated rings. The van der Waals surface area contributed by atoms with Crippen molar-refractivity contribution in [3.05, 3.63) is 65.6 Å². The molecular weight excluding hydrogens is 413 g/mol. The summed E-state index contributed by atoms with van der Waals surface area (Å²) in [6, 6.07) is 11.2. The van der Waals surface area contributed by atoms with Crippen molar-refractivity contribution < 1.29 is 29.6 Å². The molecule has 0 radical (unpaired) electrons. The van der Waals surface area contributed by atoms with Gasteiger partial charge < -0.3 is 20.4 Å². The highest BCUT2D eigenvalue weighted by Gasteiger charge is 2.30. The molecule has 0 spiro atoms. The number of phenols is 1. The first-order valence-electron chi connectivity index (χ1n) is 10.5. The number of nitrogens with zero attached hydrogens (tertiary/aromatic N) is 1. The summed E-state index contributed by atoms with van der Waals surface area (Å²) in [4.78, 5) is 15.5. The van der Waals surface area contributed by atoms with Crippen LogP contribution in [0.3, 0.4) is 0 Å². The van der Waals surface area contributed by atoms with Crippen LogP contribution in [0.15, 0.2) is 48.5 Å². The van der Waals surface area contributed by atoms with E-state index in [0.29, 0.717) is 10.9 Å². The van der Waals surface area contributed by atoms with E-state index >= 15 is 0 Å². The Labute approximate surface area is 184 Å². The van der Waals surface area contributed by atoms with Crippen molar-refractivity contribution in [3.8, 4) is 16.9 Å². The van der Waals surface area contributed by atoms with Crippen molar-refractivity contribution in [1.29, 1.82) is 0 Å². The Balaban J connectivity index is 1.83. The van der Waals surface area contributed by atoms with Gasteiger partial charge in [0.05, 0.1) is 24.3 Å². The number of benzene rings is 2. The van der Waals surface area contributed by atoms with Gasteiger partial charge in [0.1, 0.15) is 17.1 Å². The molecule has 2 unspecified atom stereocenters. The molecule has 0 saturated heterocycles. The van der Waals surface area contributed by atoms with Gasteiger partial charge in [0, 0.05) is 28.9 Å². The number of aromatic hydroxyl groups is 1. The molecule has 1 aromatic heterocycles. The van der Waals surface area contributed by atoms with Gasteiger partial charge >= 0.3 is 5.97 Å². The van der Waals surface area contributed by atoms with Crippen molar-refractivity contribution in [2.45, 2.75) is 43.8 Å². The molecule has 2 aromatic carbocycles. The fourth-order valence-electron chi connectivity index (χ4n) is 3.92. The molecule has 0 aliphatic heterocycles. The average molecular weight is 437 g/mol. The lowest BCUT2D eigenvalue weighted by Crippen LogP contribution is -2.19. The van der Waals surface area contributed by atoms with Crippen molar-refractivity contribution in [2.24, 2.45) is 0 Å². The van der Waals surface area contributed by atoms with Gasteiger partial charge in [-0.1, -0.05) is 36.4 Å². The molecule has 3 aromatic rings. The smallest absolute Gasteiger partial charge is 0.305 e. The predicted molar refractivity (Wildman–Crippen MR) is 119 cm³/mol. The molecule has 6 nitrogen and oxygen atoms in total. The zero-order valence-electron chi connectivity index (χ0n) is 17.3. The van der Waals surface area contributed by atoms with Crippen LogP contribution in [0.2, 0.25) is 0 Å². The average Bonchev–Trinajstić information content (AvgIpc) is 3.57. The van der Waals surface area contributed by atoms with E-state index in [2.05, 4.69) is 0 Å². The predicted octanol–water partition coefficient (Wildman–Crippen LogP) is 4.22. The Morgan fingerprint density at radius 2 is 1.88 bits per heavy atom. The van der Waals surface area contributed by atoms with Gasteiger partial charge in [0.15, 0.2) is 0 Å². The third-order valence-electron chi connectivity index (χ3n) is 5.57. The van der Waals surface area contributed by atoms with Crippen molar-refractivity contribution in [1.82, 2.24) is 4.98 Å². The molecule has 1 aliphatic rings. The van der Waals surface area contributed by atoms with Crippen LogP contribution in [0.25, 0.3) is 28.1 Å². The monoisotopic (exact) mass is 437 g/mol. The highest BCUT2D eigenvalue weighted by Crippen LogP contribution is 2.46. The number of phenolic OH excluding ortho intramolecular Hbond substituents is 1. The van der Waals surface area contributed by atoms with Crippen LogP contribution in [-0.2, 0) is 4.79 Å². The fraction of sp³-hybridized carbons (Fsp3) is 0.280. The first kappa shape index (κ1) is 21.9. The van der Waals surface area contributed by atoms with E-state index in [4.69, 9.17) is 10.1 Å². The van der Waals surface area contributed by atoms with Gasteiger partial charge in [-0.2, -0.15) is 0 Å². The standard InChI is InChI=1S/C25H24FNO5/c26-16-8-6-14(7-9-16)23-19-2-1-3-21(30)25(19)27-24(15-4-5-15)20(23)11-10-17(28)12-18(29)13-22(31)32/h1-3,6-11,15,17-18,28-30H,4-5,12-13H2,(H,31,32)/b11-10+. The minimum atomic E-state index is -1.17. The van der Waals surface area contributed by atoms with Gasteiger partial charge in [0.25, 0.3) is 0 Å². The number of hydrogen-bond donors (Lipinski definition) is 4. The van der Waals surface area contributed by atoms with Gasteiger partial charge in [-0.05, 0) is 36.6 Å². The summed E-state index contributed by atoms with van der Waals surface area (Å²) in [6.07, 6.45) is 2.35. The Morgan fingerprint density at radius 1 is 1.16 bits per heavy atom. The number of rotatable bonds is 8. The fourth-order valence-corrected chi connectivity index (χ4v) is 3.92. The number of aliphatic carboxylic acids is 1. The lowest BCUT2D eigenvalue weighted by molar-refractivity contribution is -0.139. The number of halogens is 1. The normalized spacial score (nSPS) is 15.8. The Morgan fingerprint density at radius 3 is 2.53 bits per heavy atom. The maximum absolute atomic E-state index is 13.6. The van der Waals surface area contributed by atoms with E-state index in [9.17, 15) is 24.5 Å². The number of fused-ring (bicyclic) bond motifs is 1. The number of carboxylic acid groups (broad SMARTS) is 1. The lowest BCUT2D eigenvalue weighted by Gasteiger charge is -2.17. The molecule has 4 N–H and O–H groups in total. The second kappa shape index (κ2) is 9.06. The van der Waals surface area contributed by atoms with Gasteiger partial charge in [-0.15, -0.1) is 0 Å². The van der Waals surface area contributed by atoms with E-state index < -0.39 is 24.6 Å². The van der Waals surface area contributed by atoms with Crippen LogP contribution >= 0.6 is 0 Å². The summed E-state index contributed by atoms with van der Waals surface area (Å²) < 4.78 is 13.6. The maximum Gasteiger partial charge on any atom is 0.305 e. The molecule has 1 heterocycles. The number of carbonyl (C=O) groups is 1. The SMILES string of the molecule is O=C(O)CC(O)CC(O)/C=C/c1c(C2CC2)nc2c(O)cccc2c1-c1ccc(F)cc1. The Kier molecular flexibility index (Phi) is 6.21. The summed E-state index contributed by atoms with van der Waals surface area (Å²) >= 11 is 0. The van der Waals surface area contributed by atoms with Gasteiger partial charge in [-0.3, -0.25) is 4.79 Å². The zero-order valence-corrected chi connectivity index (χ0v) is 17.3. The second-order valence-corrected chi connectivity index (χ2v) is 8.15. The molecule has 1 aliphatic carbocycles. The lowest BCUT2D eigenvalue weighted by atomic mass is 9.92. The number of para-hydroxylation sites is 1. The number of aliphatic hydroxyl groups is 2. The van der Waals surface area contributed by atoms with E-state index in [1.165, 1.54) is 18.2 Å². The minimum Gasteiger partial charge on any atom is -0.506 e. The highest BCUT2D eigenvalue weighted by atomic mass is 19.1. The highest BCUT2D eigenvalue weighted by molar-refractivity contribution is 6.01. The van der Waals surface area contributed by atoms with Crippen LogP contribution < -0.4 is 0 Å². The van der Waals surface area contributed by atoms with Crippen LogP contribution in [0.1, 0.15) is 42.9 Å². The van der Waals surface area contributed by atoms with Crippen LogP contribution in [0.4, 0.5) is 4.39 Å². The van der Waals surface area contributed by atoms with Gasteiger partial charge in [0.2, 0.25) is 0 Å². The van der Waals surface area contributed by atoms with Crippen molar-refractivity contribution >= 4 is 22.9 Å². The molecular formula is C25H24FNO5. The summed E-state index contributed by atoms with van der Waals surface area (Å²) in [5, 5.41) is 40.1. The quantitative estimate of drug-likeness (QED) is 0.420. The number of carboxylic acids is 1. The number of pyridine rings is 1. The number of hydrogen-bond acceptors (Lipinski definition) is 5. The largest absolute Gasteiger partial charge is 0.506 e. The number of aliphatic hydroxyl groups excluding tert-OH is 2. The Bertz CT molecular complexity index is 1170. The molecule has 32 heavy (non-hydrogen) atoms. The van der Waals surface area contributed by atoms with Gasteiger partial charge in [-0.25, -0.2) is 9.37 Å². The first-order chi connectivity index (χ1) is 15.3. The Hall–Kier alpha value is -3.29. The van der Waals surface area contributed by atoms with E-state index in [1.54, 1.807) is 30.3 Å². The van der Waals surface area contributed by atoms with E-state index in [-0.39, 0.29) is 23.9 Å². The van der Waals surface area contributed by atoms with Crippen molar-refractivity contribution in [2.75, 3.05) is 0 Å². The van der Waals surface area contributed by atoms with Crippen LogP contribution in [-0.4, -0.2) is 43.6 Å². The van der Waals surface area contributed by atoms with E-state index in [0.717, 1.165) is 35.2 Å². The second-order valence-electron chi connectivity index (χ2n) is 8.15. The van der Waals surface area contributed by atoms with Crippen LogP contribution in [0.5, 0.6) is 5.75 Å². The van der Waals surface area contributed by atoms with E-state index in [1.807, 2.05) is 6.07 Å². The first-order valence-corrected chi connectivity index (χ1v) is 10.5. The molecule has 1 saturated carbocycles. The third-order valence-corrected chi connectivity index (χ3v) is 5.57. The molecule has 2 atom stereocenters. The zero-order chi connectivity index (χ0) is 22.8. The minimum absolute atomic E-state index is 0.0557. The molecule has 0 bridgehead atoms. The third kappa shape index (κ3) is 4.79. The summed E-state index contributed by atoms with van der Waals surface area (Å²) in [6.45, 7) is 0. The topological polar surface area (TPSA) is 111 Å². The summed E-state index contributed by atoms with van der Waals surface area (Å²) in [5.41, 5.74) is 3.51. The van der Waals surface area contributed by atoms with Crippen molar-refractivity contribution in [3.63, 3.8) is 0 Å². The molecule has 4 rings (SSSR count). The molecule has 166 valence electrons. The maximum atomic E-state index is 13.6.